The van der Waals surface area contributed by atoms with E-state index in [9.17, 15) is 4.79 Å². The number of benzene rings is 1. The second kappa shape index (κ2) is 10.0. The van der Waals surface area contributed by atoms with E-state index < -0.39 is 0 Å². The van der Waals surface area contributed by atoms with Gasteiger partial charge in [0.2, 0.25) is 0 Å². The highest BCUT2D eigenvalue weighted by molar-refractivity contribution is 7.10. The standard InChI is InChI=1S/C22H31N3OS/c1-3-24(4-2)17-18-9-11-19(12-10-18)22(26)23-16-20(21-8-7-15-27-21)25-13-5-6-14-25/h7-12,15,20H,3-6,13-14,16-17H2,1-2H3,(H,23,26). The lowest BCUT2D eigenvalue weighted by Gasteiger charge is -2.27. The Balaban J connectivity index is 1.59. The summed E-state index contributed by atoms with van der Waals surface area (Å²) in [6, 6.07) is 12.6. The maximum absolute atomic E-state index is 12.6. The van der Waals surface area contributed by atoms with Gasteiger partial charge in [-0.25, -0.2) is 0 Å². The van der Waals surface area contributed by atoms with Crippen LogP contribution in [0, 0.1) is 0 Å². The average molecular weight is 386 g/mol. The number of nitrogens with zero attached hydrogens (tertiary/aromatic N) is 2. The van der Waals surface area contributed by atoms with Gasteiger partial charge in [0, 0.05) is 23.5 Å². The number of carbonyl (C=O) groups is 1. The molecular weight excluding hydrogens is 354 g/mol. The van der Waals surface area contributed by atoms with Crippen LogP contribution in [0.2, 0.25) is 0 Å². The summed E-state index contributed by atoms with van der Waals surface area (Å²) in [7, 11) is 0. The zero-order valence-corrected chi connectivity index (χ0v) is 17.3. The Morgan fingerprint density at radius 3 is 2.44 bits per heavy atom. The molecule has 1 unspecified atom stereocenters. The number of hydrogen-bond acceptors (Lipinski definition) is 4. The molecule has 4 nitrogen and oxygen atoms in total. The third-order valence-electron chi connectivity index (χ3n) is 5.43. The van der Waals surface area contributed by atoms with Crippen LogP contribution in [0.5, 0.6) is 0 Å². The Morgan fingerprint density at radius 2 is 1.85 bits per heavy atom. The second-order valence-corrected chi connectivity index (χ2v) is 8.12. The molecule has 1 amide bonds. The van der Waals surface area contributed by atoms with Crippen LogP contribution < -0.4 is 5.32 Å². The van der Waals surface area contributed by atoms with E-state index in [2.05, 4.69) is 58.6 Å². The van der Waals surface area contributed by atoms with Gasteiger partial charge >= 0.3 is 0 Å². The number of carbonyl (C=O) groups excluding carboxylic acids is 1. The number of amides is 1. The Labute approximate surface area is 167 Å². The molecule has 5 heteroatoms. The van der Waals surface area contributed by atoms with Gasteiger partial charge in [-0.1, -0.05) is 32.0 Å². The fourth-order valence-electron chi connectivity index (χ4n) is 3.70. The van der Waals surface area contributed by atoms with E-state index >= 15 is 0 Å². The summed E-state index contributed by atoms with van der Waals surface area (Å²) in [5.41, 5.74) is 1.99. The molecule has 2 heterocycles. The van der Waals surface area contributed by atoms with Crippen LogP contribution >= 0.6 is 11.3 Å². The van der Waals surface area contributed by atoms with Crippen LogP contribution in [0.15, 0.2) is 41.8 Å². The van der Waals surface area contributed by atoms with Crippen LogP contribution in [0.3, 0.4) is 0 Å². The summed E-state index contributed by atoms with van der Waals surface area (Å²) < 4.78 is 0. The molecule has 0 aliphatic carbocycles. The first-order valence-corrected chi connectivity index (χ1v) is 11.0. The second-order valence-electron chi connectivity index (χ2n) is 7.14. The van der Waals surface area contributed by atoms with Gasteiger partial charge in [-0.05, 0) is 68.2 Å². The highest BCUT2D eigenvalue weighted by atomic mass is 32.1. The SMILES string of the molecule is CCN(CC)Cc1ccc(C(=O)NCC(c2cccs2)N2CCCC2)cc1. The highest BCUT2D eigenvalue weighted by Crippen LogP contribution is 2.27. The minimum Gasteiger partial charge on any atom is -0.350 e. The molecule has 1 aliphatic heterocycles. The maximum Gasteiger partial charge on any atom is 0.251 e. The average Bonchev–Trinajstić information content (AvgIpc) is 3.41. The van der Waals surface area contributed by atoms with Crippen molar-refractivity contribution in [2.24, 2.45) is 0 Å². The number of thiophene rings is 1. The first kappa shape index (κ1) is 20.1. The predicted octanol–water partition coefficient (Wildman–Crippen LogP) is 4.16. The van der Waals surface area contributed by atoms with Gasteiger partial charge in [0.25, 0.3) is 5.91 Å². The van der Waals surface area contributed by atoms with Gasteiger partial charge in [0.15, 0.2) is 0 Å². The molecule has 1 atom stereocenters. The summed E-state index contributed by atoms with van der Waals surface area (Å²) >= 11 is 1.78. The molecule has 0 bridgehead atoms. The van der Waals surface area contributed by atoms with Crippen LogP contribution in [-0.2, 0) is 6.54 Å². The predicted molar refractivity (Wildman–Crippen MR) is 113 cm³/mol. The molecule has 2 aromatic rings. The molecule has 1 aromatic carbocycles. The smallest absolute Gasteiger partial charge is 0.251 e. The Kier molecular flexibility index (Phi) is 7.44. The summed E-state index contributed by atoms with van der Waals surface area (Å²) in [6.45, 7) is 10.3. The Bertz CT molecular complexity index is 689. The molecule has 3 rings (SSSR count). The molecule has 1 N–H and O–H groups in total. The third kappa shape index (κ3) is 5.41. The number of rotatable bonds is 9. The largest absolute Gasteiger partial charge is 0.350 e. The number of hydrogen-bond donors (Lipinski definition) is 1. The normalized spacial score (nSPS) is 16.0. The van der Waals surface area contributed by atoms with Crippen LogP contribution in [0.1, 0.15) is 53.5 Å². The van der Waals surface area contributed by atoms with Crippen molar-refractivity contribution in [3.63, 3.8) is 0 Å². The van der Waals surface area contributed by atoms with Crippen molar-refractivity contribution in [1.29, 1.82) is 0 Å². The summed E-state index contributed by atoms with van der Waals surface area (Å²) in [4.78, 5) is 18.9. The van der Waals surface area contributed by atoms with Crippen molar-refractivity contribution < 1.29 is 4.79 Å². The summed E-state index contributed by atoms with van der Waals surface area (Å²) in [5, 5.41) is 5.28. The van der Waals surface area contributed by atoms with Crippen LogP contribution in [-0.4, -0.2) is 48.4 Å². The first-order valence-electron chi connectivity index (χ1n) is 10.1. The van der Waals surface area contributed by atoms with E-state index in [1.165, 1.54) is 23.3 Å². The van der Waals surface area contributed by atoms with Gasteiger partial charge in [-0.15, -0.1) is 11.3 Å². The van der Waals surface area contributed by atoms with Gasteiger partial charge in [0.05, 0.1) is 6.04 Å². The third-order valence-corrected chi connectivity index (χ3v) is 6.40. The quantitative estimate of drug-likeness (QED) is 0.704. The van der Waals surface area contributed by atoms with E-state index in [-0.39, 0.29) is 5.91 Å². The minimum atomic E-state index is 0.0187. The first-order chi connectivity index (χ1) is 13.2. The van der Waals surface area contributed by atoms with Crippen molar-refractivity contribution in [2.75, 3.05) is 32.7 Å². The summed E-state index contributed by atoms with van der Waals surface area (Å²) in [6.07, 6.45) is 2.51. The Morgan fingerprint density at radius 1 is 1.15 bits per heavy atom. The van der Waals surface area contributed by atoms with Crippen molar-refractivity contribution in [1.82, 2.24) is 15.1 Å². The molecule has 1 aliphatic rings. The van der Waals surface area contributed by atoms with Crippen LogP contribution in [0.4, 0.5) is 0 Å². The molecule has 146 valence electrons. The minimum absolute atomic E-state index is 0.0187. The molecule has 1 fully saturated rings. The highest BCUT2D eigenvalue weighted by Gasteiger charge is 2.24. The van der Waals surface area contributed by atoms with E-state index in [4.69, 9.17) is 0 Å². The zero-order valence-electron chi connectivity index (χ0n) is 16.5. The number of likely N-dealkylation sites (tertiary alicyclic amines) is 1. The fourth-order valence-corrected chi connectivity index (χ4v) is 4.56. The molecule has 0 spiro atoms. The van der Waals surface area contributed by atoms with Crippen molar-refractivity contribution in [3.05, 3.63) is 57.8 Å². The fraction of sp³-hybridized carbons (Fsp3) is 0.500. The lowest BCUT2D eigenvalue weighted by atomic mass is 10.1. The molecule has 27 heavy (non-hydrogen) atoms. The number of nitrogens with one attached hydrogen (secondary N) is 1. The van der Waals surface area contributed by atoms with E-state index in [1.54, 1.807) is 11.3 Å². The zero-order chi connectivity index (χ0) is 19.1. The Hall–Kier alpha value is -1.69. The summed E-state index contributed by atoms with van der Waals surface area (Å²) in [5.74, 6) is 0.0187. The maximum atomic E-state index is 12.6. The van der Waals surface area contributed by atoms with E-state index in [1.807, 2.05) is 12.1 Å². The molecule has 0 saturated carbocycles. The molecular formula is C22H31N3OS. The molecule has 0 radical (unpaired) electrons. The van der Waals surface area contributed by atoms with Crippen molar-refractivity contribution in [3.8, 4) is 0 Å². The van der Waals surface area contributed by atoms with Gasteiger partial charge < -0.3 is 5.32 Å². The van der Waals surface area contributed by atoms with Crippen molar-refractivity contribution in [2.45, 2.75) is 39.3 Å². The van der Waals surface area contributed by atoms with Gasteiger partial charge in [0.1, 0.15) is 0 Å². The van der Waals surface area contributed by atoms with E-state index in [0.29, 0.717) is 12.6 Å². The van der Waals surface area contributed by atoms with E-state index in [0.717, 1.165) is 38.3 Å². The molecule has 1 aromatic heterocycles. The lowest BCUT2D eigenvalue weighted by molar-refractivity contribution is 0.0938. The van der Waals surface area contributed by atoms with Gasteiger partial charge in [-0.2, -0.15) is 0 Å². The van der Waals surface area contributed by atoms with Crippen LogP contribution in [0.25, 0.3) is 0 Å². The van der Waals surface area contributed by atoms with Gasteiger partial charge in [-0.3, -0.25) is 14.6 Å². The van der Waals surface area contributed by atoms with Crippen molar-refractivity contribution >= 4 is 17.2 Å². The molecule has 1 saturated heterocycles. The monoisotopic (exact) mass is 385 g/mol. The topological polar surface area (TPSA) is 35.6 Å². The lowest BCUT2D eigenvalue weighted by Crippen LogP contribution is -2.36.